The molecule has 11 heavy (non-hydrogen) atoms. The van der Waals surface area contributed by atoms with Crippen molar-refractivity contribution in [1.29, 1.82) is 0 Å². The second kappa shape index (κ2) is 3.22. The highest BCUT2D eigenvalue weighted by atomic mass is 14.6. The molecule has 1 aliphatic rings. The molecular weight excluding hydrogens is 134 g/mol. The first-order valence-corrected chi connectivity index (χ1v) is 4.30. The molecule has 1 aliphatic carbocycles. The summed E-state index contributed by atoms with van der Waals surface area (Å²) in [6.07, 6.45) is 8.89. The van der Waals surface area contributed by atoms with Crippen LogP contribution >= 0.6 is 0 Å². The number of nitrogens with two attached hydrogens (primary N) is 1. The van der Waals surface area contributed by atoms with Gasteiger partial charge in [-0.15, -0.1) is 0 Å². The van der Waals surface area contributed by atoms with Gasteiger partial charge in [-0.25, -0.2) is 0 Å². The van der Waals surface area contributed by atoms with E-state index in [1.807, 2.05) is 0 Å². The molecule has 1 heteroatoms. The molecule has 0 spiro atoms. The number of rotatable bonds is 3. The molecule has 0 saturated heterocycles. The Bertz CT molecular complexity index is 185. The van der Waals surface area contributed by atoms with E-state index < -0.39 is 0 Å². The molecule has 0 aromatic rings. The molecule has 0 bridgehead atoms. The fourth-order valence-corrected chi connectivity index (χ4v) is 1.37. The molecule has 0 aliphatic heterocycles. The lowest BCUT2D eigenvalue weighted by atomic mass is 9.80. The molecule has 0 amide bonds. The highest BCUT2D eigenvalue weighted by Crippen LogP contribution is 2.32. The SMILES string of the molecule is CCC(C)(CN)C1=CCC=C1. The van der Waals surface area contributed by atoms with Gasteiger partial charge in [0.2, 0.25) is 0 Å². The van der Waals surface area contributed by atoms with Crippen molar-refractivity contribution in [2.45, 2.75) is 26.7 Å². The summed E-state index contributed by atoms with van der Waals surface area (Å²) in [5.74, 6) is 0. The summed E-state index contributed by atoms with van der Waals surface area (Å²) in [5, 5.41) is 0. The van der Waals surface area contributed by atoms with E-state index in [0.717, 1.165) is 19.4 Å². The summed E-state index contributed by atoms with van der Waals surface area (Å²) in [6, 6.07) is 0. The zero-order valence-corrected chi connectivity index (χ0v) is 7.43. The second-order valence-corrected chi connectivity index (χ2v) is 3.42. The van der Waals surface area contributed by atoms with Gasteiger partial charge in [0.15, 0.2) is 0 Å². The Morgan fingerprint density at radius 2 is 2.36 bits per heavy atom. The van der Waals surface area contributed by atoms with Crippen molar-refractivity contribution in [2.75, 3.05) is 6.54 Å². The van der Waals surface area contributed by atoms with E-state index in [4.69, 9.17) is 5.73 Å². The van der Waals surface area contributed by atoms with Crippen LogP contribution in [0.5, 0.6) is 0 Å². The topological polar surface area (TPSA) is 26.0 Å². The Morgan fingerprint density at radius 3 is 2.73 bits per heavy atom. The van der Waals surface area contributed by atoms with Gasteiger partial charge in [0, 0.05) is 12.0 Å². The third kappa shape index (κ3) is 1.54. The fraction of sp³-hybridized carbons (Fsp3) is 0.600. The lowest BCUT2D eigenvalue weighted by Crippen LogP contribution is -2.27. The minimum absolute atomic E-state index is 0.215. The molecule has 0 fully saturated rings. The van der Waals surface area contributed by atoms with Crippen molar-refractivity contribution in [2.24, 2.45) is 11.1 Å². The number of hydrogen-bond acceptors (Lipinski definition) is 1. The molecule has 1 unspecified atom stereocenters. The van der Waals surface area contributed by atoms with Crippen LogP contribution in [0.3, 0.4) is 0 Å². The maximum atomic E-state index is 5.72. The molecule has 0 saturated carbocycles. The highest BCUT2D eigenvalue weighted by molar-refractivity contribution is 5.32. The molecule has 2 N–H and O–H groups in total. The summed E-state index contributed by atoms with van der Waals surface area (Å²) in [4.78, 5) is 0. The van der Waals surface area contributed by atoms with Gasteiger partial charge >= 0.3 is 0 Å². The van der Waals surface area contributed by atoms with Crippen LogP contribution in [0.2, 0.25) is 0 Å². The van der Waals surface area contributed by atoms with Crippen LogP contribution in [0.15, 0.2) is 23.8 Å². The first kappa shape index (κ1) is 8.54. The first-order valence-electron chi connectivity index (χ1n) is 4.30. The Labute approximate surface area is 69.0 Å². The summed E-state index contributed by atoms with van der Waals surface area (Å²) in [6.45, 7) is 5.17. The summed E-state index contributed by atoms with van der Waals surface area (Å²) >= 11 is 0. The maximum absolute atomic E-state index is 5.72. The van der Waals surface area contributed by atoms with Gasteiger partial charge in [0.05, 0.1) is 0 Å². The van der Waals surface area contributed by atoms with Crippen molar-refractivity contribution in [1.82, 2.24) is 0 Å². The van der Waals surface area contributed by atoms with Crippen LogP contribution < -0.4 is 5.73 Å². The van der Waals surface area contributed by atoms with Gasteiger partial charge in [0.25, 0.3) is 0 Å². The normalized spacial score (nSPS) is 21.5. The maximum Gasteiger partial charge on any atom is 0.00415 e. The standard InChI is InChI=1S/C10H17N/c1-3-10(2,8-11)9-6-4-5-7-9/h4,6-7H,3,5,8,11H2,1-2H3. The first-order chi connectivity index (χ1) is 5.23. The van der Waals surface area contributed by atoms with E-state index in [1.165, 1.54) is 5.57 Å². The molecule has 62 valence electrons. The quantitative estimate of drug-likeness (QED) is 0.657. The molecule has 0 aromatic carbocycles. The number of hydrogen-bond donors (Lipinski definition) is 1. The molecular formula is C10H17N. The predicted octanol–water partition coefficient (Wildman–Crippen LogP) is 2.25. The minimum Gasteiger partial charge on any atom is -0.330 e. The monoisotopic (exact) mass is 151 g/mol. The van der Waals surface area contributed by atoms with E-state index >= 15 is 0 Å². The molecule has 1 rings (SSSR count). The van der Waals surface area contributed by atoms with Crippen molar-refractivity contribution >= 4 is 0 Å². The number of allylic oxidation sites excluding steroid dienone is 3. The summed E-state index contributed by atoms with van der Waals surface area (Å²) in [7, 11) is 0. The Kier molecular flexibility index (Phi) is 2.50. The van der Waals surface area contributed by atoms with Crippen LogP contribution in [0.1, 0.15) is 26.7 Å². The van der Waals surface area contributed by atoms with Gasteiger partial charge in [-0.3, -0.25) is 0 Å². The van der Waals surface area contributed by atoms with E-state index in [9.17, 15) is 0 Å². The Hall–Kier alpha value is -0.560. The van der Waals surface area contributed by atoms with Crippen molar-refractivity contribution in [3.8, 4) is 0 Å². The lowest BCUT2D eigenvalue weighted by molar-refractivity contribution is 0.405. The van der Waals surface area contributed by atoms with Crippen LogP contribution in [0.4, 0.5) is 0 Å². The fourth-order valence-electron chi connectivity index (χ4n) is 1.37. The molecule has 0 aromatic heterocycles. The third-order valence-corrected chi connectivity index (χ3v) is 2.70. The van der Waals surface area contributed by atoms with Gasteiger partial charge in [0.1, 0.15) is 0 Å². The van der Waals surface area contributed by atoms with E-state index in [0.29, 0.717) is 0 Å². The average molecular weight is 151 g/mol. The van der Waals surface area contributed by atoms with Crippen molar-refractivity contribution in [3.63, 3.8) is 0 Å². The molecule has 1 atom stereocenters. The van der Waals surface area contributed by atoms with Crippen LogP contribution in [-0.2, 0) is 0 Å². The van der Waals surface area contributed by atoms with E-state index in [2.05, 4.69) is 32.1 Å². The Balaban J connectivity index is 2.76. The van der Waals surface area contributed by atoms with Crippen molar-refractivity contribution in [3.05, 3.63) is 23.8 Å². The van der Waals surface area contributed by atoms with Crippen molar-refractivity contribution < 1.29 is 0 Å². The van der Waals surface area contributed by atoms with Crippen LogP contribution in [-0.4, -0.2) is 6.54 Å². The Morgan fingerprint density at radius 1 is 1.64 bits per heavy atom. The second-order valence-electron chi connectivity index (χ2n) is 3.42. The van der Waals surface area contributed by atoms with Gasteiger partial charge < -0.3 is 5.73 Å². The molecule has 0 radical (unpaired) electrons. The largest absolute Gasteiger partial charge is 0.330 e. The minimum atomic E-state index is 0.215. The summed E-state index contributed by atoms with van der Waals surface area (Å²) < 4.78 is 0. The highest BCUT2D eigenvalue weighted by Gasteiger charge is 2.24. The van der Waals surface area contributed by atoms with E-state index in [-0.39, 0.29) is 5.41 Å². The van der Waals surface area contributed by atoms with Gasteiger partial charge in [-0.05, 0) is 18.4 Å². The summed E-state index contributed by atoms with van der Waals surface area (Å²) in [5.41, 5.74) is 7.36. The van der Waals surface area contributed by atoms with Gasteiger partial charge in [-0.2, -0.15) is 0 Å². The predicted molar refractivity (Wildman–Crippen MR) is 49.3 cm³/mol. The zero-order valence-electron chi connectivity index (χ0n) is 7.43. The molecule has 1 nitrogen and oxygen atoms in total. The van der Waals surface area contributed by atoms with E-state index in [1.54, 1.807) is 0 Å². The lowest BCUT2D eigenvalue weighted by Gasteiger charge is -2.27. The van der Waals surface area contributed by atoms with Crippen LogP contribution in [0, 0.1) is 5.41 Å². The average Bonchev–Trinajstić information content (AvgIpc) is 2.55. The smallest absolute Gasteiger partial charge is 0.00415 e. The van der Waals surface area contributed by atoms with Gasteiger partial charge in [-0.1, -0.05) is 32.1 Å². The zero-order chi connectivity index (χ0) is 8.32. The molecule has 0 heterocycles. The third-order valence-electron chi connectivity index (χ3n) is 2.70. The van der Waals surface area contributed by atoms with Crippen LogP contribution in [0.25, 0.3) is 0 Å².